The van der Waals surface area contributed by atoms with Crippen molar-refractivity contribution in [3.8, 4) is 5.75 Å². The number of rotatable bonds is 6. The van der Waals surface area contributed by atoms with Crippen molar-refractivity contribution < 1.29 is 19.1 Å². The summed E-state index contributed by atoms with van der Waals surface area (Å²) in [6.45, 7) is 7.23. The number of hydrogen-bond donors (Lipinski definition) is 1. The number of nitrogens with zero attached hydrogens (tertiary/aromatic N) is 1. The molecular formula is C18H24N2O4. The molecule has 2 amide bonds. The van der Waals surface area contributed by atoms with Crippen LogP contribution in [0.15, 0.2) is 18.2 Å². The van der Waals surface area contributed by atoms with E-state index in [2.05, 4.69) is 5.32 Å². The van der Waals surface area contributed by atoms with E-state index in [1.54, 1.807) is 32.0 Å². The molecule has 0 saturated heterocycles. The van der Waals surface area contributed by atoms with Crippen molar-refractivity contribution in [3.63, 3.8) is 0 Å². The van der Waals surface area contributed by atoms with E-state index in [0.29, 0.717) is 23.4 Å². The van der Waals surface area contributed by atoms with Crippen molar-refractivity contribution in [1.29, 1.82) is 0 Å². The summed E-state index contributed by atoms with van der Waals surface area (Å²) in [4.78, 5) is 38.0. The van der Waals surface area contributed by atoms with Gasteiger partial charge in [0.05, 0.1) is 5.69 Å². The molecule has 1 aromatic carbocycles. The van der Waals surface area contributed by atoms with E-state index in [0.717, 1.165) is 6.42 Å². The molecule has 0 aliphatic carbocycles. The van der Waals surface area contributed by atoms with Gasteiger partial charge in [0.25, 0.3) is 5.91 Å². The number of carbonyl (C=O) groups is 3. The Morgan fingerprint density at radius 3 is 2.67 bits per heavy atom. The first-order chi connectivity index (χ1) is 11.4. The number of Topliss-reactive ketones (excluding diaryl/α,β-unsaturated/α-hetero) is 1. The Bertz CT molecular complexity index is 656. The Balaban J connectivity index is 2.32. The second-order valence-corrected chi connectivity index (χ2v) is 6.02. The number of nitrogens with one attached hydrogen (secondary N) is 1. The number of ether oxygens (including phenoxy) is 1. The molecule has 1 N–H and O–H groups in total. The van der Waals surface area contributed by atoms with E-state index in [9.17, 15) is 14.4 Å². The lowest BCUT2D eigenvalue weighted by atomic mass is 10.1. The molecule has 24 heavy (non-hydrogen) atoms. The third kappa shape index (κ3) is 3.75. The van der Waals surface area contributed by atoms with Gasteiger partial charge in [-0.2, -0.15) is 0 Å². The fourth-order valence-corrected chi connectivity index (χ4v) is 2.51. The van der Waals surface area contributed by atoms with E-state index in [4.69, 9.17) is 4.74 Å². The molecule has 2 unspecified atom stereocenters. The third-order valence-electron chi connectivity index (χ3n) is 4.13. The molecule has 0 saturated carbocycles. The summed E-state index contributed by atoms with van der Waals surface area (Å²) in [5.74, 6) is -0.0353. The van der Waals surface area contributed by atoms with Crippen LogP contribution in [-0.2, 0) is 9.59 Å². The molecule has 2 atom stereocenters. The molecule has 0 bridgehead atoms. The van der Waals surface area contributed by atoms with Gasteiger partial charge in [-0.15, -0.1) is 0 Å². The van der Waals surface area contributed by atoms with Crippen LogP contribution in [0, 0.1) is 0 Å². The molecule has 0 aromatic heterocycles. The lowest BCUT2D eigenvalue weighted by molar-refractivity contribution is -0.128. The highest BCUT2D eigenvalue weighted by Gasteiger charge is 2.33. The van der Waals surface area contributed by atoms with Crippen LogP contribution in [0.5, 0.6) is 5.75 Å². The maximum Gasteiger partial charge on any atom is 0.268 e. The predicted molar refractivity (Wildman–Crippen MR) is 91.4 cm³/mol. The molecular weight excluding hydrogens is 308 g/mol. The highest BCUT2D eigenvalue weighted by molar-refractivity contribution is 6.05. The molecule has 0 fully saturated rings. The van der Waals surface area contributed by atoms with Gasteiger partial charge in [-0.05, 0) is 38.5 Å². The minimum atomic E-state index is -0.665. The number of ketones is 1. The summed E-state index contributed by atoms with van der Waals surface area (Å²) in [5.41, 5.74) is 0.978. The molecule has 0 radical (unpaired) electrons. The first-order valence-electron chi connectivity index (χ1n) is 8.32. The van der Waals surface area contributed by atoms with Crippen LogP contribution in [0.2, 0.25) is 0 Å². The Kier molecular flexibility index (Phi) is 5.59. The maximum absolute atomic E-state index is 12.5. The number of anilines is 1. The Morgan fingerprint density at radius 2 is 2.04 bits per heavy atom. The summed E-state index contributed by atoms with van der Waals surface area (Å²) in [6, 6.07) is 5.03. The van der Waals surface area contributed by atoms with Crippen molar-refractivity contribution in [1.82, 2.24) is 5.32 Å². The van der Waals surface area contributed by atoms with Crippen LogP contribution in [0.4, 0.5) is 5.69 Å². The van der Waals surface area contributed by atoms with Gasteiger partial charge in [-0.3, -0.25) is 19.3 Å². The van der Waals surface area contributed by atoms with Crippen molar-refractivity contribution in [2.45, 2.75) is 52.7 Å². The second kappa shape index (κ2) is 7.47. The number of hydrogen-bond acceptors (Lipinski definition) is 4. The second-order valence-electron chi connectivity index (χ2n) is 6.02. The topological polar surface area (TPSA) is 75.7 Å². The van der Waals surface area contributed by atoms with Gasteiger partial charge in [0.1, 0.15) is 12.3 Å². The van der Waals surface area contributed by atoms with Gasteiger partial charge in [0.2, 0.25) is 5.91 Å². The van der Waals surface area contributed by atoms with Gasteiger partial charge in [-0.25, -0.2) is 0 Å². The largest absolute Gasteiger partial charge is 0.479 e. The summed E-state index contributed by atoms with van der Waals surface area (Å²) >= 11 is 0. The summed E-state index contributed by atoms with van der Waals surface area (Å²) < 4.78 is 5.59. The lowest BCUT2D eigenvalue weighted by Gasteiger charge is -2.33. The molecule has 0 spiro atoms. The summed E-state index contributed by atoms with van der Waals surface area (Å²) in [6.07, 6.45) is 0.519. The van der Waals surface area contributed by atoms with Gasteiger partial charge in [0.15, 0.2) is 11.9 Å². The fourth-order valence-electron chi connectivity index (χ4n) is 2.51. The third-order valence-corrected chi connectivity index (χ3v) is 4.13. The first kappa shape index (κ1) is 18.0. The molecule has 6 heteroatoms. The Labute approximate surface area is 142 Å². The number of amides is 2. The average Bonchev–Trinajstić information content (AvgIpc) is 2.57. The highest BCUT2D eigenvalue weighted by atomic mass is 16.5. The average molecular weight is 332 g/mol. The van der Waals surface area contributed by atoms with Crippen molar-refractivity contribution in [2.24, 2.45) is 0 Å². The highest BCUT2D eigenvalue weighted by Crippen LogP contribution is 2.35. The van der Waals surface area contributed by atoms with Gasteiger partial charge in [0, 0.05) is 18.0 Å². The predicted octanol–water partition coefficient (Wildman–Crippen LogP) is 2.31. The standard InChI is InChI=1S/C18H24N2O4/c1-5-11(3)19-17(22)10-20-14-9-13(15(21)6-2)7-8-16(14)24-12(4)18(20)23/h7-9,11-12H,5-6,10H2,1-4H3,(H,19,22). The smallest absolute Gasteiger partial charge is 0.268 e. The van der Waals surface area contributed by atoms with Gasteiger partial charge >= 0.3 is 0 Å². The monoisotopic (exact) mass is 332 g/mol. The van der Waals surface area contributed by atoms with E-state index in [1.807, 2.05) is 13.8 Å². The molecule has 1 aliphatic rings. The van der Waals surface area contributed by atoms with Gasteiger partial charge in [-0.1, -0.05) is 13.8 Å². The Hall–Kier alpha value is -2.37. The number of benzene rings is 1. The minimum Gasteiger partial charge on any atom is -0.479 e. The van der Waals surface area contributed by atoms with E-state index >= 15 is 0 Å². The van der Waals surface area contributed by atoms with Crippen LogP contribution in [0.3, 0.4) is 0 Å². The zero-order valence-corrected chi connectivity index (χ0v) is 14.6. The van der Waals surface area contributed by atoms with Crippen molar-refractivity contribution in [2.75, 3.05) is 11.4 Å². The SMILES string of the molecule is CCC(=O)c1ccc2c(c1)N(CC(=O)NC(C)CC)C(=O)C(C)O2. The van der Waals surface area contributed by atoms with E-state index in [-0.39, 0.29) is 30.2 Å². The van der Waals surface area contributed by atoms with Crippen LogP contribution in [0.1, 0.15) is 50.9 Å². The van der Waals surface area contributed by atoms with Crippen LogP contribution >= 0.6 is 0 Å². The van der Waals surface area contributed by atoms with Gasteiger partial charge < -0.3 is 10.1 Å². The molecule has 1 heterocycles. The number of fused-ring (bicyclic) bond motifs is 1. The zero-order valence-electron chi connectivity index (χ0n) is 14.6. The van der Waals surface area contributed by atoms with Crippen molar-refractivity contribution >= 4 is 23.3 Å². The molecule has 1 aromatic rings. The first-order valence-corrected chi connectivity index (χ1v) is 8.32. The minimum absolute atomic E-state index is 0.0205. The quantitative estimate of drug-likeness (QED) is 0.811. The zero-order chi connectivity index (χ0) is 17.9. The number of carbonyl (C=O) groups excluding carboxylic acids is 3. The molecule has 1 aliphatic heterocycles. The normalized spacial score (nSPS) is 17.8. The van der Waals surface area contributed by atoms with E-state index < -0.39 is 6.10 Å². The molecule has 130 valence electrons. The molecule has 6 nitrogen and oxygen atoms in total. The van der Waals surface area contributed by atoms with E-state index in [1.165, 1.54) is 4.90 Å². The van der Waals surface area contributed by atoms with Crippen LogP contribution < -0.4 is 15.0 Å². The molecule has 2 rings (SSSR count). The fraction of sp³-hybridized carbons (Fsp3) is 0.500. The van der Waals surface area contributed by atoms with Crippen LogP contribution in [-0.4, -0.2) is 36.3 Å². The maximum atomic E-state index is 12.5. The summed E-state index contributed by atoms with van der Waals surface area (Å²) in [7, 11) is 0. The Morgan fingerprint density at radius 1 is 1.33 bits per heavy atom. The van der Waals surface area contributed by atoms with Crippen LogP contribution in [0.25, 0.3) is 0 Å². The van der Waals surface area contributed by atoms with Crippen molar-refractivity contribution in [3.05, 3.63) is 23.8 Å². The summed E-state index contributed by atoms with van der Waals surface area (Å²) in [5, 5.41) is 2.85. The lowest BCUT2D eigenvalue weighted by Crippen LogP contribution is -2.49.